The molecule has 0 amide bonds. The summed E-state index contributed by atoms with van der Waals surface area (Å²) in [6.07, 6.45) is 3.50. The third-order valence-electron chi connectivity index (χ3n) is 2.60. The SMILES string of the molecule is N.Nc1ncc(Br)nc1-c1ccc2[nH]ccc2c1. The number of hydrogen-bond acceptors (Lipinski definition) is 4. The molecule has 5 nitrogen and oxygen atoms in total. The van der Waals surface area contributed by atoms with Gasteiger partial charge in [-0.25, -0.2) is 9.97 Å². The smallest absolute Gasteiger partial charge is 0.150 e. The molecule has 1 aromatic carbocycles. The van der Waals surface area contributed by atoms with Gasteiger partial charge in [0.05, 0.1) is 6.20 Å². The summed E-state index contributed by atoms with van der Waals surface area (Å²) in [6.45, 7) is 0. The Morgan fingerprint density at radius 3 is 2.89 bits per heavy atom. The lowest BCUT2D eigenvalue weighted by atomic mass is 10.1. The topological polar surface area (TPSA) is 103 Å². The number of aromatic amines is 1. The number of benzene rings is 1. The first-order valence-electron chi connectivity index (χ1n) is 5.09. The monoisotopic (exact) mass is 305 g/mol. The fourth-order valence-corrected chi connectivity index (χ4v) is 2.07. The van der Waals surface area contributed by atoms with E-state index in [1.807, 2.05) is 30.5 Å². The van der Waals surface area contributed by atoms with Crippen LogP contribution in [0.25, 0.3) is 22.2 Å². The van der Waals surface area contributed by atoms with Crippen molar-refractivity contribution in [3.8, 4) is 11.3 Å². The first kappa shape index (κ1) is 12.5. The summed E-state index contributed by atoms with van der Waals surface area (Å²) in [5.74, 6) is 0.433. The number of hydrogen-bond donors (Lipinski definition) is 3. The Labute approximate surface area is 112 Å². The number of fused-ring (bicyclic) bond motifs is 1. The van der Waals surface area contributed by atoms with E-state index in [9.17, 15) is 0 Å². The van der Waals surface area contributed by atoms with E-state index in [2.05, 4.69) is 30.9 Å². The highest BCUT2D eigenvalue weighted by atomic mass is 79.9. The van der Waals surface area contributed by atoms with Crippen LogP contribution < -0.4 is 11.9 Å². The number of nitrogen functional groups attached to an aromatic ring is 1. The zero-order valence-corrected chi connectivity index (χ0v) is 11.1. The maximum Gasteiger partial charge on any atom is 0.150 e. The van der Waals surface area contributed by atoms with Crippen LogP contribution in [0.15, 0.2) is 41.3 Å². The second-order valence-corrected chi connectivity index (χ2v) is 4.52. The number of nitrogens with one attached hydrogen (secondary N) is 1. The van der Waals surface area contributed by atoms with Crippen LogP contribution in [0.5, 0.6) is 0 Å². The van der Waals surface area contributed by atoms with Crippen LogP contribution in [0.3, 0.4) is 0 Å². The molecule has 0 aliphatic heterocycles. The van der Waals surface area contributed by atoms with Crippen molar-refractivity contribution in [3.63, 3.8) is 0 Å². The molecule has 0 radical (unpaired) electrons. The molecule has 6 heteroatoms. The highest BCUT2D eigenvalue weighted by Crippen LogP contribution is 2.26. The van der Waals surface area contributed by atoms with E-state index in [-0.39, 0.29) is 6.15 Å². The van der Waals surface area contributed by atoms with Crippen LogP contribution in [0.1, 0.15) is 0 Å². The molecule has 2 aromatic heterocycles. The summed E-state index contributed by atoms with van der Waals surface area (Å²) >= 11 is 3.30. The lowest BCUT2D eigenvalue weighted by Gasteiger charge is -2.04. The van der Waals surface area contributed by atoms with Gasteiger partial charge in [0, 0.05) is 22.7 Å². The average Bonchev–Trinajstić information content (AvgIpc) is 2.79. The number of H-pyrrole nitrogens is 1. The number of nitrogens with zero attached hydrogens (tertiary/aromatic N) is 2. The first-order valence-corrected chi connectivity index (χ1v) is 5.89. The van der Waals surface area contributed by atoms with Crippen molar-refractivity contribution in [2.24, 2.45) is 0 Å². The number of anilines is 1. The van der Waals surface area contributed by atoms with E-state index in [0.29, 0.717) is 16.1 Å². The van der Waals surface area contributed by atoms with E-state index < -0.39 is 0 Å². The number of aromatic nitrogens is 3. The Morgan fingerprint density at radius 1 is 1.22 bits per heavy atom. The number of nitrogens with two attached hydrogens (primary N) is 1. The Kier molecular flexibility index (Phi) is 3.31. The van der Waals surface area contributed by atoms with E-state index in [4.69, 9.17) is 5.73 Å². The minimum Gasteiger partial charge on any atom is -0.382 e. The van der Waals surface area contributed by atoms with Gasteiger partial charge in [-0.15, -0.1) is 0 Å². The van der Waals surface area contributed by atoms with Gasteiger partial charge in [-0.3, -0.25) is 0 Å². The fraction of sp³-hybridized carbons (Fsp3) is 0. The molecule has 3 rings (SSSR count). The molecule has 0 saturated carbocycles. The van der Waals surface area contributed by atoms with Gasteiger partial charge in [-0.2, -0.15) is 0 Å². The predicted octanol–water partition coefficient (Wildman–Crippen LogP) is 3.13. The van der Waals surface area contributed by atoms with Gasteiger partial charge in [-0.05, 0) is 34.1 Å². The first-order chi connectivity index (χ1) is 8.24. The zero-order chi connectivity index (χ0) is 11.8. The van der Waals surface area contributed by atoms with Crippen LogP contribution in [-0.2, 0) is 0 Å². The van der Waals surface area contributed by atoms with Crippen LogP contribution in [0, 0.1) is 0 Å². The fourth-order valence-electron chi connectivity index (χ4n) is 1.79. The summed E-state index contributed by atoms with van der Waals surface area (Å²) in [7, 11) is 0. The largest absolute Gasteiger partial charge is 0.382 e. The van der Waals surface area contributed by atoms with Crippen LogP contribution in [-0.4, -0.2) is 15.0 Å². The predicted molar refractivity (Wildman–Crippen MR) is 76.5 cm³/mol. The van der Waals surface area contributed by atoms with E-state index in [1.165, 1.54) is 0 Å². The van der Waals surface area contributed by atoms with Gasteiger partial charge < -0.3 is 16.9 Å². The van der Waals surface area contributed by atoms with Crippen LogP contribution in [0.2, 0.25) is 0 Å². The molecule has 3 aromatic rings. The Bertz CT molecular complexity index is 692. The van der Waals surface area contributed by atoms with Gasteiger partial charge in [0.2, 0.25) is 0 Å². The summed E-state index contributed by atoms with van der Waals surface area (Å²) in [6, 6.07) is 8.04. The van der Waals surface area contributed by atoms with Crippen molar-refractivity contribution in [3.05, 3.63) is 41.3 Å². The summed E-state index contributed by atoms with van der Waals surface area (Å²) in [5, 5.41) is 1.13. The van der Waals surface area contributed by atoms with Gasteiger partial charge in [-0.1, -0.05) is 6.07 Å². The highest BCUT2D eigenvalue weighted by molar-refractivity contribution is 9.10. The lowest BCUT2D eigenvalue weighted by Crippen LogP contribution is -1.97. The average molecular weight is 306 g/mol. The molecule has 0 saturated heterocycles. The van der Waals surface area contributed by atoms with Crippen molar-refractivity contribution >= 4 is 32.7 Å². The molecular formula is C12H12BrN5. The summed E-state index contributed by atoms with van der Waals surface area (Å²) in [4.78, 5) is 11.6. The quantitative estimate of drug-likeness (QED) is 0.642. The maximum absolute atomic E-state index is 5.84. The summed E-state index contributed by atoms with van der Waals surface area (Å²) in [5.41, 5.74) is 8.59. The molecule has 0 aliphatic rings. The molecule has 0 fully saturated rings. The second-order valence-electron chi connectivity index (χ2n) is 3.71. The normalized spacial score (nSPS) is 10.3. The number of rotatable bonds is 1. The second kappa shape index (κ2) is 4.75. The van der Waals surface area contributed by atoms with E-state index in [0.717, 1.165) is 16.5 Å². The number of halogens is 1. The van der Waals surface area contributed by atoms with Crippen molar-refractivity contribution in [1.82, 2.24) is 21.1 Å². The molecule has 0 bridgehead atoms. The Morgan fingerprint density at radius 2 is 2.06 bits per heavy atom. The van der Waals surface area contributed by atoms with Gasteiger partial charge in [0.1, 0.15) is 16.1 Å². The van der Waals surface area contributed by atoms with Crippen LogP contribution in [0.4, 0.5) is 5.82 Å². The molecule has 18 heavy (non-hydrogen) atoms. The lowest BCUT2D eigenvalue weighted by molar-refractivity contribution is 1.18. The van der Waals surface area contributed by atoms with E-state index >= 15 is 0 Å². The minimum absolute atomic E-state index is 0. The van der Waals surface area contributed by atoms with E-state index in [1.54, 1.807) is 6.20 Å². The van der Waals surface area contributed by atoms with Crippen molar-refractivity contribution < 1.29 is 0 Å². The van der Waals surface area contributed by atoms with Gasteiger partial charge in [0.25, 0.3) is 0 Å². The Balaban J connectivity index is 0.00000120. The molecule has 0 atom stereocenters. The molecule has 92 valence electrons. The molecule has 0 spiro atoms. The standard InChI is InChI=1S/C12H9BrN4.H3N/c13-10-6-16-12(14)11(17-10)8-1-2-9-7(5-8)3-4-15-9;/h1-6,15H,(H2,14,16);1H3. The zero-order valence-electron chi connectivity index (χ0n) is 9.52. The van der Waals surface area contributed by atoms with Crippen LogP contribution >= 0.6 is 15.9 Å². The third kappa shape index (κ3) is 2.07. The maximum atomic E-state index is 5.84. The third-order valence-corrected chi connectivity index (χ3v) is 2.98. The van der Waals surface area contributed by atoms with Crippen molar-refractivity contribution in [2.45, 2.75) is 0 Å². The molecule has 6 N–H and O–H groups in total. The Hall–Kier alpha value is -1.92. The molecular weight excluding hydrogens is 294 g/mol. The van der Waals surface area contributed by atoms with Gasteiger partial charge in [0.15, 0.2) is 0 Å². The van der Waals surface area contributed by atoms with Crippen molar-refractivity contribution in [1.29, 1.82) is 0 Å². The minimum atomic E-state index is 0. The molecule has 2 heterocycles. The highest BCUT2D eigenvalue weighted by Gasteiger charge is 2.07. The molecule has 0 unspecified atom stereocenters. The molecule has 0 aliphatic carbocycles. The van der Waals surface area contributed by atoms with Crippen molar-refractivity contribution in [2.75, 3.05) is 5.73 Å². The summed E-state index contributed by atoms with van der Waals surface area (Å²) < 4.78 is 0.677. The van der Waals surface area contributed by atoms with Gasteiger partial charge >= 0.3 is 0 Å².